The predicted octanol–water partition coefficient (Wildman–Crippen LogP) is 2.43. The van der Waals surface area contributed by atoms with E-state index in [1.807, 2.05) is 6.92 Å². The normalized spacial score (nSPS) is 18.4. The first kappa shape index (κ1) is 14.9. The summed E-state index contributed by atoms with van der Waals surface area (Å²) in [6, 6.07) is 6.59. The van der Waals surface area contributed by atoms with Gasteiger partial charge in [-0.2, -0.15) is 0 Å². The molecule has 3 N–H and O–H groups in total. The van der Waals surface area contributed by atoms with Crippen LogP contribution in [0.3, 0.4) is 0 Å². The standard InChI is InChI=1S/C16H24N2O2/c1-3-4-15(16(19)20)17-8-7-12-5-6-14-13(10-12)9-11(2)18-14/h5-6,10-11,15,17-18H,3-4,7-9H2,1-2H3,(H,19,20). The minimum Gasteiger partial charge on any atom is -0.480 e. The van der Waals surface area contributed by atoms with Crippen LogP contribution in [0.2, 0.25) is 0 Å². The lowest BCUT2D eigenvalue weighted by Crippen LogP contribution is -2.37. The summed E-state index contributed by atoms with van der Waals surface area (Å²) in [5.41, 5.74) is 3.88. The maximum absolute atomic E-state index is 11.1. The van der Waals surface area contributed by atoms with E-state index in [1.54, 1.807) is 0 Å². The van der Waals surface area contributed by atoms with E-state index in [9.17, 15) is 4.79 Å². The number of benzene rings is 1. The van der Waals surface area contributed by atoms with E-state index in [2.05, 4.69) is 35.8 Å². The van der Waals surface area contributed by atoms with Gasteiger partial charge in [0.25, 0.3) is 0 Å². The monoisotopic (exact) mass is 276 g/mol. The molecule has 0 saturated heterocycles. The second-order valence-corrected chi connectivity index (χ2v) is 5.62. The fourth-order valence-electron chi connectivity index (χ4n) is 2.75. The van der Waals surface area contributed by atoms with E-state index < -0.39 is 12.0 Å². The van der Waals surface area contributed by atoms with Gasteiger partial charge in [-0.25, -0.2) is 0 Å². The van der Waals surface area contributed by atoms with E-state index in [1.165, 1.54) is 16.8 Å². The molecule has 110 valence electrons. The van der Waals surface area contributed by atoms with Crippen molar-refractivity contribution in [1.82, 2.24) is 5.32 Å². The van der Waals surface area contributed by atoms with Gasteiger partial charge in [-0.3, -0.25) is 4.79 Å². The minimum atomic E-state index is -0.751. The summed E-state index contributed by atoms with van der Waals surface area (Å²) >= 11 is 0. The molecule has 0 radical (unpaired) electrons. The molecule has 0 amide bonds. The van der Waals surface area contributed by atoms with Crippen LogP contribution in [0.4, 0.5) is 5.69 Å². The largest absolute Gasteiger partial charge is 0.480 e. The zero-order chi connectivity index (χ0) is 14.5. The first-order valence-corrected chi connectivity index (χ1v) is 7.44. The Bertz CT molecular complexity index is 474. The molecule has 1 aromatic rings. The van der Waals surface area contributed by atoms with Gasteiger partial charge in [0.05, 0.1) is 0 Å². The lowest BCUT2D eigenvalue weighted by atomic mass is 10.0. The zero-order valence-electron chi connectivity index (χ0n) is 12.3. The number of hydrogen-bond acceptors (Lipinski definition) is 3. The summed E-state index contributed by atoms with van der Waals surface area (Å²) in [4.78, 5) is 11.1. The Morgan fingerprint density at radius 1 is 1.55 bits per heavy atom. The summed E-state index contributed by atoms with van der Waals surface area (Å²) < 4.78 is 0. The highest BCUT2D eigenvalue weighted by Gasteiger charge is 2.17. The van der Waals surface area contributed by atoms with Crippen molar-refractivity contribution in [3.63, 3.8) is 0 Å². The van der Waals surface area contributed by atoms with E-state index in [-0.39, 0.29) is 0 Å². The summed E-state index contributed by atoms with van der Waals surface area (Å²) in [5, 5.41) is 15.7. The van der Waals surface area contributed by atoms with Gasteiger partial charge in [0.2, 0.25) is 0 Å². The maximum Gasteiger partial charge on any atom is 0.320 e. The molecule has 2 atom stereocenters. The number of fused-ring (bicyclic) bond motifs is 1. The van der Waals surface area contributed by atoms with Crippen molar-refractivity contribution in [2.45, 2.75) is 51.6 Å². The molecular formula is C16H24N2O2. The van der Waals surface area contributed by atoms with Gasteiger partial charge in [0, 0.05) is 11.7 Å². The molecule has 0 saturated carbocycles. The average molecular weight is 276 g/mol. The number of carboxylic acid groups (broad SMARTS) is 1. The third-order valence-electron chi connectivity index (χ3n) is 3.78. The van der Waals surface area contributed by atoms with Crippen LogP contribution in [0, 0.1) is 0 Å². The van der Waals surface area contributed by atoms with Crippen molar-refractivity contribution in [3.05, 3.63) is 29.3 Å². The molecule has 1 aliphatic rings. The van der Waals surface area contributed by atoms with Crippen LogP contribution in [0.5, 0.6) is 0 Å². The number of hydrogen-bond donors (Lipinski definition) is 3. The number of rotatable bonds is 7. The molecule has 20 heavy (non-hydrogen) atoms. The highest BCUT2D eigenvalue weighted by Crippen LogP contribution is 2.26. The predicted molar refractivity (Wildman–Crippen MR) is 81.3 cm³/mol. The van der Waals surface area contributed by atoms with Gasteiger partial charge < -0.3 is 15.7 Å². The number of aliphatic carboxylic acids is 1. The Balaban J connectivity index is 1.85. The summed E-state index contributed by atoms with van der Waals surface area (Å²) in [5.74, 6) is -0.751. The van der Waals surface area contributed by atoms with Crippen LogP contribution in [0.25, 0.3) is 0 Å². The van der Waals surface area contributed by atoms with Crippen molar-refractivity contribution in [2.24, 2.45) is 0 Å². The molecule has 1 heterocycles. The van der Waals surface area contributed by atoms with Gasteiger partial charge in [0.15, 0.2) is 0 Å². The fourth-order valence-corrected chi connectivity index (χ4v) is 2.75. The van der Waals surface area contributed by atoms with Gasteiger partial charge >= 0.3 is 5.97 Å². The van der Waals surface area contributed by atoms with Crippen LogP contribution in [-0.4, -0.2) is 29.7 Å². The Hall–Kier alpha value is -1.55. The number of anilines is 1. The van der Waals surface area contributed by atoms with Gasteiger partial charge in [0.1, 0.15) is 6.04 Å². The minimum absolute atomic E-state index is 0.420. The first-order chi connectivity index (χ1) is 9.60. The fraction of sp³-hybridized carbons (Fsp3) is 0.562. The molecule has 4 nitrogen and oxygen atoms in total. The van der Waals surface area contributed by atoms with Crippen molar-refractivity contribution in [1.29, 1.82) is 0 Å². The van der Waals surface area contributed by atoms with Crippen LogP contribution < -0.4 is 10.6 Å². The van der Waals surface area contributed by atoms with E-state index >= 15 is 0 Å². The lowest BCUT2D eigenvalue weighted by molar-refractivity contribution is -0.139. The first-order valence-electron chi connectivity index (χ1n) is 7.44. The van der Waals surface area contributed by atoms with E-state index in [0.717, 1.165) is 19.3 Å². The molecule has 0 aromatic heterocycles. The Kier molecular flexibility index (Phi) is 5.01. The molecule has 2 unspecified atom stereocenters. The second-order valence-electron chi connectivity index (χ2n) is 5.62. The van der Waals surface area contributed by atoms with Crippen molar-refractivity contribution < 1.29 is 9.90 Å². The summed E-state index contributed by atoms with van der Waals surface area (Å²) in [6.07, 6.45) is 3.51. The molecule has 0 aliphatic carbocycles. The van der Waals surface area contributed by atoms with Crippen LogP contribution in [0.15, 0.2) is 18.2 Å². The van der Waals surface area contributed by atoms with Crippen molar-refractivity contribution >= 4 is 11.7 Å². The average Bonchev–Trinajstić information content (AvgIpc) is 2.77. The molecular weight excluding hydrogens is 252 g/mol. The second kappa shape index (κ2) is 6.75. The number of carbonyl (C=O) groups is 1. The highest BCUT2D eigenvalue weighted by atomic mass is 16.4. The van der Waals surface area contributed by atoms with Crippen molar-refractivity contribution in [2.75, 3.05) is 11.9 Å². The summed E-state index contributed by atoms with van der Waals surface area (Å²) in [7, 11) is 0. The Morgan fingerprint density at radius 3 is 3.05 bits per heavy atom. The smallest absolute Gasteiger partial charge is 0.320 e. The van der Waals surface area contributed by atoms with Gasteiger partial charge in [-0.05, 0) is 49.9 Å². The third-order valence-corrected chi connectivity index (χ3v) is 3.78. The van der Waals surface area contributed by atoms with Gasteiger partial charge in [-0.1, -0.05) is 25.5 Å². The molecule has 0 bridgehead atoms. The third kappa shape index (κ3) is 3.73. The van der Waals surface area contributed by atoms with Crippen LogP contribution in [0.1, 0.15) is 37.8 Å². The quantitative estimate of drug-likeness (QED) is 0.716. The van der Waals surface area contributed by atoms with Crippen LogP contribution >= 0.6 is 0 Å². The molecule has 1 aliphatic heterocycles. The molecule has 0 fully saturated rings. The molecule has 0 spiro atoms. The van der Waals surface area contributed by atoms with Crippen LogP contribution in [-0.2, 0) is 17.6 Å². The molecule has 4 heteroatoms. The van der Waals surface area contributed by atoms with Crippen molar-refractivity contribution in [3.8, 4) is 0 Å². The SMILES string of the molecule is CCCC(NCCc1ccc2c(c1)CC(C)N2)C(=O)O. The topological polar surface area (TPSA) is 61.4 Å². The number of carboxylic acids is 1. The molecule has 1 aromatic carbocycles. The number of nitrogens with one attached hydrogen (secondary N) is 2. The van der Waals surface area contributed by atoms with E-state index in [0.29, 0.717) is 19.0 Å². The zero-order valence-corrected chi connectivity index (χ0v) is 12.3. The Labute approximate surface area is 120 Å². The highest BCUT2D eigenvalue weighted by molar-refractivity contribution is 5.73. The van der Waals surface area contributed by atoms with E-state index in [4.69, 9.17) is 5.11 Å². The summed E-state index contributed by atoms with van der Waals surface area (Å²) in [6.45, 7) is 4.90. The van der Waals surface area contributed by atoms with Gasteiger partial charge in [-0.15, -0.1) is 0 Å². The Morgan fingerprint density at radius 2 is 2.35 bits per heavy atom. The molecule has 2 rings (SSSR count). The lowest BCUT2D eigenvalue weighted by Gasteiger charge is -2.13. The maximum atomic E-state index is 11.1.